The van der Waals surface area contributed by atoms with Crippen molar-refractivity contribution in [1.82, 2.24) is 0 Å². The van der Waals surface area contributed by atoms with Crippen LogP contribution in [0.15, 0.2) is 42.5 Å². The van der Waals surface area contributed by atoms with E-state index in [1.165, 1.54) is 0 Å². The Morgan fingerprint density at radius 1 is 0.909 bits per heavy atom. The molecular weight excluding hydrogens is 278 g/mol. The molecule has 1 aliphatic carbocycles. The van der Waals surface area contributed by atoms with Gasteiger partial charge in [-0.25, -0.2) is 8.78 Å². The van der Waals surface area contributed by atoms with Crippen molar-refractivity contribution in [3.8, 4) is 11.1 Å². The highest BCUT2D eigenvalue weighted by atomic mass is 19.2. The molecule has 22 heavy (non-hydrogen) atoms. The molecule has 114 valence electrons. The lowest BCUT2D eigenvalue weighted by atomic mass is 9.87. The van der Waals surface area contributed by atoms with Crippen LogP contribution in [0.3, 0.4) is 0 Å². The molecule has 0 saturated carbocycles. The van der Waals surface area contributed by atoms with Gasteiger partial charge in [0.1, 0.15) is 0 Å². The number of hydrogen-bond donors (Lipinski definition) is 0. The molecule has 0 radical (unpaired) electrons. The predicted octanol–water partition coefficient (Wildman–Crippen LogP) is 6.14. The van der Waals surface area contributed by atoms with E-state index < -0.39 is 11.6 Å². The third kappa shape index (κ3) is 2.83. The van der Waals surface area contributed by atoms with E-state index in [-0.39, 0.29) is 0 Å². The first-order valence-electron chi connectivity index (χ1n) is 7.80. The average Bonchev–Trinajstić information content (AvgIpc) is 2.52. The molecule has 1 unspecified atom stereocenters. The second-order valence-corrected chi connectivity index (χ2v) is 6.26. The Morgan fingerprint density at radius 3 is 2.18 bits per heavy atom. The van der Waals surface area contributed by atoms with E-state index >= 15 is 0 Å². The van der Waals surface area contributed by atoms with Crippen molar-refractivity contribution >= 4 is 5.57 Å². The number of allylic oxidation sites excluding steroid dienone is 2. The van der Waals surface area contributed by atoms with Gasteiger partial charge in [0.2, 0.25) is 0 Å². The van der Waals surface area contributed by atoms with Crippen LogP contribution in [0.4, 0.5) is 8.78 Å². The van der Waals surface area contributed by atoms with Crippen LogP contribution in [-0.4, -0.2) is 0 Å². The van der Waals surface area contributed by atoms with E-state index in [1.54, 1.807) is 12.1 Å². The van der Waals surface area contributed by atoms with E-state index in [1.807, 2.05) is 31.2 Å². The van der Waals surface area contributed by atoms with Gasteiger partial charge in [-0.15, -0.1) is 0 Å². The van der Waals surface area contributed by atoms with Gasteiger partial charge < -0.3 is 0 Å². The number of benzene rings is 2. The van der Waals surface area contributed by atoms with Gasteiger partial charge in [0, 0.05) is 11.1 Å². The molecular formula is C20H20F2. The maximum Gasteiger partial charge on any atom is 0.167 e. The third-order valence-corrected chi connectivity index (χ3v) is 4.46. The number of aryl methyl sites for hydroxylation is 1. The molecule has 0 amide bonds. The minimum absolute atomic E-state index is 0.325. The van der Waals surface area contributed by atoms with E-state index in [4.69, 9.17) is 0 Å². The van der Waals surface area contributed by atoms with Gasteiger partial charge in [-0.05, 0) is 43.2 Å². The van der Waals surface area contributed by atoms with E-state index in [2.05, 4.69) is 13.0 Å². The van der Waals surface area contributed by atoms with E-state index in [0.29, 0.717) is 22.6 Å². The van der Waals surface area contributed by atoms with Crippen molar-refractivity contribution in [2.45, 2.75) is 33.1 Å². The first-order chi connectivity index (χ1) is 10.6. The number of rotatable bonds is 2. The van der Waals surface area contributed by atoms with E-state index in [0.717, 1.165) is 30.4 Å². The van der Waals surface area contributed by atoms with Crippen LogP contribution >= 0.6 is 0 Å². The molecule has 2 aromatic rings. The van der Waals surface area contributed by atoms with Crippen molar-refractivity contribution in [2.24, 2.45) is 5.92 Å². The molecule has 0 saturated heterocycles. The minimum Gasteiger partial charge on any atom is -0.203 e. The average molecular weight is 298 g/mol. The summed E-state index contributed by atoms with van der Waals surface area (Å²) in [4.78, 5) is 0. The van der Waals surface area contributed by atoms with Gasteiger partial charge in [0.25, 0.3) is 0 Å². The zero-order valence-corrected chi connectivity index (χ0v) is 13.0. The van der Waals surface area contributed by atoms with Crippen molar-refractivity contribution in [1.29, 1.82) is 0 Å². The third-order valence-electron chi connectivity index (χ3n) is 4.46. The molecule has 0 heterocycles. The van der Waals surface area contributed by atoms with Crippen LogP contribution < -0.4 is 0 Å². The SMILES string of the molecule is Cc1ccc(-c2ccc(C3=CCC(C)CC3)c(F)c2F)cc1. The Labute approximate surface area is 130 Å². The fraction of sp³-hybridized carbons (Fsp3) is 0.300. The fourth-order valence-corrected chi connectivity index (χ4v) is 2.96. The van der Waals surface area contributed by atoms with Crippen LogP contribution in [-0.2, 0) is 0 Å². The van der Waals surface area contributed by atoms with Crippen LogP contribution in [0, 0.1) is 24.5 Å². The van der Waals surface area contributed by atoms with Gasteiger partial charge in [0.15, 0.2) is 11.6 Å². The Balaban J connectivity index is 2.00. The quantitative estimate of drug-likeness (QED) is 0.624. The topological polar surface area (TPSA) is 0 Å². The van der Waals surface area contributed by atoms with Crippen molar-refractivity contribution in [3.05, 3.63) is 65.2 Å². The summed E-state index contributed by atoms with van der Waals surface area (Å²) in [6, 6.07) is 10.9. The second kappa shape index (κ2) is 6.04. The summed E-state index contributed by atoms with van der Waals surface area (Å²) in [5.41, 5.74) is 3.48. The fourth-order valence-electron chi connectivity index (χ4n) is 2.96. The molecule has 0 aliphatic heterocycles. The molecule has 0 N–H and O–H groups in total. The Kier molecular flexibility index (Phi) is 4.10. The van der Waals surface area contributed by atoms with Gasteiger partial charge in [0.05, 0.1) is 0 Å². The molecule has 2 heteroatoms. The van der Waals surface area contributed by atoms with Crippen molar-refractivity contribution in [2.75, 3.05) is 0 Å². The standard InChI is InChI=1S/C20H20F2/c1-13-3-7-15(8-4-13)17-11-12-18(20(22)19(17)21)16-9-5-14(2)6-10-16/h3-4,7-9,11-12,14H,5-6,10H2,1-2H3. The second-order valence-electron chi connectivity index (χ2n) is 6.26. The molecule has 2 aromatic carbocycles. The molecule has 0 spiro atoms. The van der Waals surface area contributed by atoms with Crippen LogP contribution in [0.2, 0.25) is 0 Å². The molecule has 3 rings (SSSR count). The summed E-state index contributed by atoms with van der Waals surface area (Å²) in [7, 11) is 0. The lowest BCUT2D eigenvalue weighted by Gasteiger charge is -2.19. The highest BCUT2D eigenvalue weighted by Gasteiger charge is 2.19. The van der Waals surface area contributed by atoms with E-state index in [9.17, 15) is 8.78 Å². The molecule has 0 aromatic heterocycles. The molecule has 0 fully saturated rings. The van der Waals surface area contributed by atoms with Crippen molar-refractivity contribution in [3.63, 3.8) is 0 Å². The van der Waals surface area contributed by atoms with Crippen LogP contribution in [0.5, 0.6) is 0 Å². The Bertz CT molecular complexity index is 711. The molecule has 1 aliphatic rings. The first-order valence-corrected chi connectivity index (χ1v) is 7.80. The monoisotopic (exact) mass is 298 g/mol. The van der Waals surface area contributed by atoms with Crippen molar-refractivity contribution < 1.29 is 8.78 Å². The van der Waals surface area contributed by atoms with Crippen LogP contribution in [0.1, 0.15) is 37.3 Å². The number of hydrogen-bond acceptors (Lipinski definition) is 0. The Hall–Kier alpha value is -1.96. The predicted molar refractivity (Wildman–Crippen MR) is 87.5 cm³/mol. The van der Waals surface area contributed by atoms with Gasteiger partial charge in [-0.1, -0.05) is 55.0 Å². The summed E-state index contributed by atoms with van der Waals surface area (Å²) < 4.78 is 29.0. The maximum absolute atomic E-state index is 14.5. The van der Waals surface area contributed by atoms with Gasteiger partial charge in [-0.2, -0.15) is 0 Å². The summed E-state index contributed by atoms with van der Waals surface area (Å²) in [6.45, 7) is 4.16. The van der Waals surface area contributed by atoms with Crippen LogP contribution in [0.25, 0.3) is 16.7 Å². The zero-order valence-electron chi connectivity index (χ0n) is 13.0. The lowest BCUT2D eigenvalue weighted by Crippen LogP contribution is -2.04. The smallest absolute Gasteiger partial charge is 0.167 e. The summed E-state index contributed by atoms with van der Waals surface area (Å²) in [6.07, 6.45) is 4.85. The molecule has 0 nitrogen and oxygen atoms in total. The van der Waals surface area contributed by atoms with Gasteiger partial charge >= 0.3 is 0 Å². The highest BCUT2D eigenvalue weighted by Crippen LogP contribution is 2.34. The molecule has 1 atom stereocenters. The lowest BCUT2D eigenvalue weighted by molar-refractivity contribution is 0.503. The normalized spacial score (nSPS) is 18.2. The number of halogens is 2. The molecule has 0 bridgehead atoms. The first kappa shape index (κ1) is 15.0. The maximum atomic E-state index is 14.5. The summed E-state index contributed by atoms with van der Waals surface area (Å²) in [5.74, 6) is -0.844. The highest BCUT2D eigenvalue weighted by molar-refractivity contribution is 5.72. The minimum atomic E-state index is -0.749. The zero-order chi connectivity index (χ0) is 15.7. The summed E-state index contributed by atoms with van der Waals surface area (Å²) >= 11 is 0. The summed E-state index contributed by atoms with van der Waals surface area (Å²) in [5, 5.41) is 0. The largest absolute Gasteiger partial charge is 0.203 e. The van der Waals surface area contributed by atoms with Gasteiger partial charge in [-0.3, -0.25) is 0 Å². The Morgan fingerprint density at radius 2 is 1.55 bits per heavy atom.